The first-order chi connectivity index (χ1) is 11.1. The van der Waals surface area contributed by atoms with Crippen molar-refractivity contribution in [2.24, 2.45) is 0 Å². The highest BCUT2D eigenvalue weighted by molar-refractivity contribution is 5.48. The van der Waals surface area contributed by atoms with Crippen molar-refractivity contribution in [3.05, 3.63) is 17.6 Å². The first kappa shape index (κ1) is 16.6. The van der Waals surface area contributed by atoms with Crippen LogP contribution >= 0.6 is 0 Å². The summed E-state index contributed by atoms with van der Waals surface area (Å²) in [7, 11) is 4.02. The van der Waals surface area contributed by atoms with Crippen LogP contribution in [0.15, 0.2) is 6.33 Å². The van der Waals surface area contributed by atoms with Gasteiger partial charge < -0.3 is 14.7 Å². The SMILES string of the molecule is CN(C)c1ncnc2c1CN(CC(O)CN1CCOCC1)CC2. The number of ether oxygens (including phenoxy) is 1. The first-order valence-electron chi connectivity index (χ1n) is 8.34. The second kappa shape index (κ2) is 7.53. The van der Waals surface area contributed by atoms with Gasteiger partial charge in [0.05, 0.1) is 25.0 Å². The highest BCUT2D eigenvalue weighted by Crippen LogP contribution is 2.24. The van der Waals surface area contributed by atoms with Crippen LogP contribution in [0.4, 0.5) is 5.82 Å². The van der Waals surface area contributed by atoms with Crippen LogP contribution in [0.1, 0.15) is 11.3 Å². The predicted octanol–water partition coefficient (Wildman–Crippen LogP) is -0.406. The molecule has 0 aliphatic carbocycles. The van der Waals surface area contributed by atoms with Crippen molar-refractivity contribution in [2.75, 3.05) is 64.9 Å². The Hall–Kier alpha value is -1.28. The second-order valence-corrected chi connectivity index (χ2v) is 6.57. The third-order valence-corrected chi connectivity index (χ3v) is 4.52. The van der Waals surface area contributed by atoms with E-state index in [0.29, 0.717) is 6.54 Å². The van der Waals surface area contributed by atoms with Crippen molar-refractivity contribution in [2.45, 2.75) is 19.1 Å². The van der Waals surface area contributed by atoms with E-state index in [9.17, 15) is 5.11 Å². The monoisotopic (exact) mass is 321 g/mol. The van der Waals surface area contributed by atoms with Crippen LogP contribution in [0.3, 0.4) is 0 Å². The summed E-state index contributed by atoms with van der Waals surface area (Å²) in [6, 6.07) is 0. The molecule has 0 spiro atoms. The highest BCUT2D eigenvalue weighted by Gasteiger charge is 2.24. The van der Waals surface area contributed by atoms with Gasteiger partial charge in [0.2, 0.25) is 0 Å². The molecule has 0 amide bonds. The van der Waals surface area contributed by atoms with Gasteiger partial charge >= 0.3 is 0 Å². The molecular formula is C16H27N5O2. The second-order valence-electron chi connectivity index (χ2n) is 6.57. The Morgan fingerprint density at radius 1 is 1.17 bits per heavy atom. The summed E-state index contributed by atoms with van der Waals surface area (Å²) >= 11 is 0. The van der Waals surface area contributed by atoms with Crippen LogP contribution in [-0.4, -0.2) is 91.0 Å². The van der Waals surface area contributed by atoms with Crippen molar-refractivity contribution in [1.29, 1.82) is 0 Å². The van der Waals surface area contributed by atoms with E-state index in [1.807, 2.05) is 19.0 Å². The fraction of sp³-hybridized carbons (Fsp3) is 0.750. The number of aliphatic hydroxyl groups is 1. The Kier molecular flexibility index (Phi) is 5.42. The summed E-state index contributed by atoms with van der Waals surface area (Å²) in [5.74, 6) is 0.988. The zero-order valence-electron chi connectivity index (χ0n) is 14.1. The average molecular weight is 321 g/mol. The standard InChI is InChI=1S/C16H27N5O2/c1-19(2)16-14-11-21(4-3-15(14)17-12-18-16)10-13(22)9-20-5-7-23-8-6-20/h12-13,22H,3-11H2,1-2H3. The number of β-amino-alcohol motifs (C(OH)–C–C–N with tert-alkyl or cyclic N) is 1. The Bertz CT molecular complexity index is 519. The van der Waals surface area contributed by atoms with E-state index >= 15 is 0 Å². The number of morpholine rings is 1. The Balaban J connectivity index is 1.58. The van der Waals surface area contributed by atoms with E-state index in [0.717, 1.165) is 63.9 Å². The smallest absolute Gasteiger partial charge is 0.136 e. The molecule has 1 fully saturated rings. The molecule has 2 aliphatic rings. The third kappa shape index (κ3) is 4.17. The lowest BCUT2D eigenvalue weighted by atomic mass is 10.1. The Morgan fingerprint density at radius 2 is 1.91 bits per heavy atom. The van der Waals surface area contributed by atoms with Gasteiger partial charge in [-0.25, -0.2) is 9.97 Å². The molecule has 0 saturated carbocycles. The molecule has 3 heterocycles. The molecule has 1 unspecified atom stereocenters. The lowest BCUT2D eigenvalue weighted by Crippen LogP contribution is -2.45. The molecule has 128 valence electrons. The molecule has 1 aromatic rings. The van der Waals surface area contributed by atoms with E-state index in [2.05, 4.69) is 19.8 Å². The molecule has 1 aromatic heterocycles. The lowest BCUT2D eigenvalue weighted by Gasteiger charge is -2.33. The number of aliphatic hydroxyl groups excluding tert-OH is 1. The molecule has 2 aliphatic heterocycles. The first-order valence-corrected chi connectivity index (χ1v) is 8.34. The number of anilines is 1. The van der Waals surface area contributed by atoms with Crippen molar-refractivity contribution in [3.8, 4) is 0 Å². The number of aromatic nitrogens is 2. The summed E-state index contributed by atoms with van der Waals surface area (Å²) in [4.78, 5) is 15.4. The van der Waals surface area contributed by atoms with E-state index in [4.69, 9.17) is 4.74 Å². The van der Waals surface area contributed by atoms with Gasteiger partial charge in [-0.2, -0.15) is 0 Å². The summed E-state index contributed by atoms with van der Waals surface area (Å²) in [6.07, 6.45) is 2.24. The summed E-state index contributed by atoms with van der Waals surface area (Å²) in [5, 5.41) is 10.4. The molecule has 0 bridgehead atoms. The van der Waals surface area contributed by atoms with Crippen molar-refractivity contribution in [1.82, 2.24) is 19.8 Å². The van der Waals surface area contributed by atoms with Crippen LogP contribution < -0.4 is 4.90 Å². The number of hydrogen-bond acceptors (Lipinski definition) is 7. The van der Waals surface area contributed by atoms with Crippen LogP contribution in [0.2, 0.25) is 0 Å². The van der Waals surface area contributed by atoms with E-state index in [-0.39, 0.29) is 6.10 Å². The molecule has 23 heavy (non-hydrogen) atoms. The van der Waals surface area contributed by atoms with Gasteiger partial charge in [0.1, 0.15) is 12.1 Å². The van der Waals surface area contributed by atoms with Gasteiger partial charge in [-0.1, -0.05) is 0 Å². The maximum Gasteiger partial charge on any atom is 0.136 e. The molecule has 0 radical (unpaired) electrons. The fourth-order valence-electron chi connectivity index (χ4n) is 3.36. The molecule has 3 rings (SSSR count). The molecule has 7 heteroatoms. The van der Waals surface area contributed by atoms with Gasteiger partial charge in [-0.05, 0) is 0 Å². The molecule has 0 aromatic carbocycles. The predicted molar refractivity (Wildman–Crippen MR) is 88.6 cm³/mol. The van der Waals surface area contributed by atoms with Crippen LogP contribution in [0.25, 0.3) is 0 Å². The Morgan fingerprint density at radius 3 is 2.65 bits per heavy atom. The van der Waals surface area contributed by atoms with Gasteiger partial charge in [0.15, 0.2) is 0 Å². The van der Waals surface area contributed by atoms with E-state index in [1.54, 1.807) is 6.33 Å². The summed E-state index contributed by atoms with van der Waals surface area (Å²) in [5.41, 5.74) is 2.34. The van der Waals surface area contributed by atoms with E-state index in [1.165, 1.54) is 5.56 Å². The van der Waals surface area contributed by atoms with Crippen LogP contribution in [-0.2, 0) is 17.7 Å². The molecular weight excluding hydrogens is 294 g/mol. The minimum absolute atomic E-state index is 0.331. The normalized spacial score (nSPS) is 21.0. The van der Waals surface area contributed by atoms with E-state index < -0.39 is 0 Å². The van der Waals surface area contributed by atoms with Gasteiger partial charge in [0, 0.05) is 65.3 Å². The summed E-state index contributed by atoms with van der Waals surface area (Å²) in [6.45, 7) is 6.54. The highest BCUT2D eigenvalue weighted by atomic mass is 16.5. The quantitative estimate of drug-likeness (QED) is 0.791. The zero-order valence-corrected chi connectivity index (χ0v) is 14.1. The number of rotatable bonds is 5. The Labute approximate surface area is 137 Å². The topological polar surface area (TPSA) is 65.0 Å². The maximum atomic E-state index is 10.4. The minimum atomic E-state index is -0.331. The number of fused-ring (bicyclic) bond motifs is 1. The molecule has 1 atom stereocenters. The van der Waals surface area contributed by atoms with Crippen molar-refractivity contribution < 1.29 is 9.84 Å². The fourth-order valence-corrected chi connectivity index (χ4v) is 3.36. The molecule has 1 N–H and O–H groups in total. The molecule has 1 saturated heterocycles. The maximum absolute atomic E-state index is 10.4. The van der Waals surface area contributed by atoms with Crippen LogP contribution in [0.5, 0.6) is 0 Å². The zero-order chi connectivity index (χ0) is 16.2. The van der Waals surface area contributed by atoms with Gasteiger partial charge in [0.25, 0.3) is 0 Å². The van der Waals surface area contributed by atoms with Crippen molar-refractivity contribution in [3.63, 3.8) is 0 Å². The van der Waals surface area contributed by atoms with Gasteiger partial charge in [-0.15, -0.1) is 0 Å². The van der Waals surface area contributed by atoms with Crippen LogP contribution in [0, 0.1) is 0 Å². The number of nitrogens with zero attached hydrogens (tertiary/aromatic N) is 5. The summed E-state index contributed by atoms with van der Waals surface area (Å²) < 4.78 is 5.35. The average Bonchev–Trinajstić information content (AvgIpc) is 2.55. The third-order valence-electron chi connectivity index (χ3n) is 4.52. The largest absolute Gasteiger partial charge is 0.390 e. The lowest BCUT2D eigenvalue weighted by molar-refractivity contribution is 0.00582. The molecule has 7 nitrogen and oxygen atoms in total. The van der Waals surface area contributed by atoms with Gasteiger partial charge in [-0.3, -0.25) is 9.80 Å². The number of hydrogen-bond donors (Lipinski definition) is 1. The minimum Gasteiger partial charge on any atom is -0.390 e. The van der Waals surface area contributed by atoms with Crippen molar-refractivity contribution >= 4 is 5.82 Å².